The quantitative estimate of drug-likeness (QED) is 0.940. The number of hydrogen-bond donors (Lipinski definition) is 1. The second-order valence-electron chi connectivity index (χ2n) is 6.36. The first-order valence-electron chi connectivity index (χ1n) is 7.28. The van der Waals surface area contributed by atoms with Crippen LogP contribution in [0.15, 0.2) is 28.8 Å². The summed E-state index contributed by atoms with van der Waals surface area (Å²) in [5.41, 5.74) is 2.72. The minimum atomic E-state index is 0.126. The van der Waals surface area contributed by atoms with Crippen molar-refractivity contribution in [2.24, 2.45) is 0 Å². The number of benzene rings is 1. The van der Waals surface area contributed by atoms with Crippen molar-refractivity contribution in [2.75, 3.05) is 0 Å². The van der Waals surface area contributed by atoms with E-state index in [9.17, 15) is 0 Å². The van der Waals surface area contributed by atoms with Gasteiger partial charge in [-0.05, 0) is 17.5 Å². The summed E-state index contributed by atoms with van der Waals surface area (Å²) < 4.78 is 5.66. The third-order valence-electron chi connectivity index (χ3n) is 3.50. The van der Waals surface area contributed by atoms with Gasteiger partial charge in [0.1, 0.15) is 0 Å². The molecule has 0 amide bonds. The number of fused-ring (bicyclic) bond motifs is 1. The highest BCUT2D eigenvalue weighted by Crippen LogP contribution is 2.28. The van der Waals surface area contributed by atoms with Gasteiger partial charge in [0, 0.05) is 11.3 Å². The fraction of sp³-hybridized carbons (Fsp3) is 0.500. The zero-order valence-corrected chi connectivity index (χ0v) is 13.5. The zero-order valence-electron chi connectivity index (χ0n) is 12.7. The summed E-state index contributed by atoms with van der Waals surface area (Å²) in [7, 11) is 0. The first-order chi connectivity index (χ1) is 10.0. The zero-order chi connectivity index (χ0) is 14.9. The van der Waals surface area contributed by atoms with Crippen LogP contribution in [-0.2, 0) is 18.7 Å². The molecule has 0 spiro atoms. The van der Waals surface area contributed by atoms with Crippen molar-refractivity contribution in [3.63, 3.8) is 0 Å². The first kappa shape index (κ1) is 14.6. The van der Waals surface area contributed by atoms with Crippen molar-refractivity contribution in [1.82, 2.24) is 15.5 Å². The fourth-order valence-corrected chi connectivity index (χ4v) is 3.06. The van der Waals surface area contributed by atoms with Crippen molar-refractivity contribution < 1.29 is 4.52 Å². The third kappa shape index (κ3) is 3.66. The van der Waals surface area contributed by atoms with Gasteiger partial charge in [-0.15, -0.1) is 11.8 Å². The second kappa shape index (κ2) is 5.81. The predicted molar refractivity (Wildman–Crippen MR) is 85.1 cm³/mol. The summed E-state index contributed by atoms with van der Waals surface area (Å²) in [5, 5.41) is 7.58. The standard InChI is InChI=1S/C16H21N3OS/c1-16(2,3)21-10-14-18-15(20-19-14)13-8-11-6-4-5-7-12(11)9-17-13/h4-7,13,17H,8-10H2,1-3H3/t13-/m0/s1. The van der Waals surface area contributed by atoms with E-state index in [0.29, 0.717) is 5.89 Å². The van der Waals surface area contributed by atoms with Gasteiger partial charge in [0.05, 0.1) is 11.8 Å². The SMILES string of the molecule is CC(C)(C)SCc1noc([C@@H]2Cc3ccccc3CN2)n1. The lowest BCUT2D eigenvalue weighted by molar-refractivity contribution is 0.319. The molecule has 0 unspecified atom stereocenters. The van der Waals surface area contributed by atoms with Crippen molar-refractivity contribution >= 4 is 11.8 Å². The van der Waals surface area contributed by atoms with E-state index in [1.807, 2.05) is 11.8 Å². The minimum Gasteiger partial charge on any atom is -0.338 e. The molecule has 1 aromatic heterocycles. The smallest absolute Gasteiger partial charge is 0.244 e. The van der Waals surface area contributed by atoms with Gasteiger partial charge in [0.2, 0.25) is 5.89 Å². The summed E-state index contributed by atoms with van der Waals surface area (Å²) in [4.78, 5) is 4.55. The monoisotopic (exact) mass is 303 g/mol. The van der Waals surface area contributed by atoms with Crippen LogP contribution in [0.4, 0.5) is 0 Å². The molecule has 0 fully saturated rings. The van der Waals surface area contributed by atoms with Gasteiger partial charge in [0.25, 0.3) is 0 Å². The van der Waals surface area contributed by atoms with Crippen LogP contribution in [0.25, 0.3) is 0 Å². The van der Waals surface area contributed by atoms with Crippen molar-refractivity contribution in [3.8, 4) is 0 Å². The Hall–Kier alpha value is -1.33. The Bertz CT molecular complexity index is 618. The minimum absolute atomic E-state index is 0.126. The number of aromatic nitrogens is 2. The van der Waals surface area contributed by atoms with Crippen LogP contribution >= 0.6 is 11.8 Å². The van der Waals surface area contributed by atoms with E-state index in [4.69, 9.17) is 4.52 Å². The average Bonchev–Trinajstić information content (AvgIpc) is 2.93. The highest BCUT2D eigenvalue weighted by molar-refractivity contribution is 7.99. The molecule has 5 heteroatoms. The number of rotatable bonds is 3. The average molecular weight is 303 g/mol. The fourth-order valence-electron chi connectivity index (χ4n) is 2.38. The maximum Gasteiger partial charge on any atom is 0.244 e. The Kier molecular flexibility index (Phi) is 4.04. The molecule has 0 saturated heterocycles. The van der Waals surface area contributed by atoms with E-state index < -0.39 is 0 Å². The maximum atomic E-state index is 5.45. The van der Waals surface area contributed by atoms with Crippen LogP contribution in [0.5, 0.6) is 0 Å². The van der Waals surface area contributed by atoms with E-state index >= 15 is 0 Å². The van der Waals surface area contributed by atoms with Crippen LogP contribution < -0.4 is 5.32 Å². The molecule has 0 saturated carbocycles. The van der Waals surface area contributed by atoms with Gasteiger partial charge in [-0.2, -0.15) is 4.98 Å². The Morgan fingerprint density at radius 3 is 2.81 bits per heavy atom. The van der Waals surface area contributed by atoms with E-state index in [1.54, 1.807) is 0 Å². The number of thioether (sulfide) groups is 1. The Balaban J connectivity index is 1.67. The third-order valence-corrected chi connectivity index (χ3v) is 4.77. The van der Waals surface area contributed by atoms with Crippen LogP contribution in [-0.4, -0.2) is 14.9 Å². The molecular weight excluding hydrogens is 282 g/mol. The summed E-state index contributed by atoms with van der Waals surface area (Å²) in [6, 6.07) is 8.63. The highest BCUT2D eigenvalue weighted by Gasteiger charge is 2.24. The van der Waals surface area contributed by atoms with Gasteiger partial charge in [0.15, 0.2) is 5.82 Å². The molecule has 0 aliphatic carbocycles. The Morgan fingerprint density at radius 2 is 2.05 bits per heavy atom. The normalized spacial score (nSPS) is 18.5. The van der Waals surface area contributed by atoms with E-state index in [2.05, 4.69) is 60.5 Å². The van der Waals surface area contributed by atoms with Gasteiger partial charge in [-0.3, -0.25) is 0 Å². The van der Waals surface area contributed by atoms with Gasteiger partial charge < -0.3 is 9.84 Å². The Morgan fingerprint density at radius 1 is 1.29 bits per heavy atom. The molecule has 21 heavy (non-hydrogen) atoms. The molecule has 4 nitrogen and oxygen atoms in total. The summed E-state index contributed by atoms with van der Waals surface area (Å²) in [5.74, 6) is 2.27. The summed E-state index contributed by atoms with van der Waals surface area (Å²) in [6.07, 6.45) is 0.907. The molecule has 1 aromatic carbocycles. The van der Waals surface area contributed by atoms with Gasteiger partial charge in [-0.25, -0.2) is 0 Å². The maximum absolute atomic E-state index is 5.45. The van der Waals surface area contributed by atoms with E-state index in [0.717, 1.165) is 24.5 Å². The molecule has 2 aromatic rings. The summed E-state index contributed by atoms with van der Waals surface area (Å²) in [6.45, 7) is 7.43. The molecule has 0 bridgehead atoms. The number of hydrogen-bond acceptors (Lipinski definition) is 5. The molecule has 0 radical (unpaired) electrons. The topological polar surface area (TPSA) is 51.0 Å². The van der Waals surface area contributed by atoms with Crippen LogP contribution in [0.1, 0.15) is 49.7 Å². The van der Waals surface area contributed by atoms with Gasteiger partial charge >= 0.3 is 0 Å². The number of nitrogens with zero attached hydrogens (tertiary/aromatic N) is 2. The Labute approximate surface area is 129 Å². The molecule has 1 N–H and O–H groups in total. The lowest BCUT2D eigenvalue weighted by Crippen LogP contribution is -2.28. The van der Waals surface area contributed by atoms with Crippen molar-refractivity contribution in [2.45, 2.75) is 50.3 Å². The second-order valence-corrected chi connectivity index (χ2v) is 8.16. The largest absolute Gasteiger partial charge is 0.338 e. The molecule has 112 valence electrons. The molecule has 3 rings (SSSR count). The molecule has 1 aliphatic rings. The van der Waals surface area contributed by atoms with Crippen LogP contribution in [0.2, 0.25) is 0 Å². The van der Waals surface area contributed by atoms with Gasteiger partial charge in [-0.1, -0.05) is 50.2 Å². The highest BCUT2D eigenvalue weighted by atomic mass is 32.2. The van der Waals surface area contributed by atoms with Crippen LogP contribution in [0, 0.1) is 0 Å². The predicted octanol–water partition coefficient (Wildman–Crippen LogP) is 3.49. The van der Waals surface area contributed by atoms with Crippen LogP contribution in [0.3, 0.4) is 0 Å². The molecule has 2 heterocycles. The van der Waals surface area contributed by atoms with Crippen molar-refractivity contribution in [3.05, 3.63) is 47.1 Å². The molecular formula is C16H21N3OS. The number of nitrogens with one attached hydrogen (secondary N) is 1. The van der Waals surface area contributed by atoms with Crippen molar-refractivity contribution in [1.29, 1.82) is 0 Å². The van der Waals surface area contributed by atoms with E-state index in [-0.39, 0.29) is 10.8 Å². The first-order valence-corrected chi connectivity index (χ1v) is 8.26. The lowest BCUT2D eigenvalue weighted by Gasteiger charge is -2.23. The van der Waals surface area contributed by atoms with E-state index in [1.165, 1.54) is 11.1 Å². The molecule has 1 atom stereocenters. The lowest BCUT2D eigenvalue weighted by atomic mass is 9.96. The summed E-state index contributed by atoms with van der Waals surface area (Å²) >= 11 is 1.83. The molecule has 1 aliphatic heterocycles.